The summed E-state index contributed by atoms with van der Waals surface area (Å²) in [6, 6.07) is 26.7. The summed E-state index contributed by atoms with van der Waals surface area (Å²) in [4.78, 5) is 13.5. The van der Waals surface area contributed by atoms with Gasteiger partial charge in [-0.3, -0.25) is 0 Å². The van der Waals surface area contributed by atoms with Crippen molar-refractivity contribution in [1.82, 2.24) is 15.0 Å². The number of furan rings is 1. The van der Waals surface area contributed by atoms with Crippen LogP contribution in [0.2, 0.25) is 0 Å². The van der Waals surface area contributed by atoms with Gasteiger partial charge in [0.1, 0.15) is 0 Å². The number of aryl methyl sites for hydroxylation is 4. The van der Waals surface area contributed by atoms with Gasteiger partial charge in [0, 0.05) is 43.6 Å². The molecule has 0 saturated heterocycles. The van der Waals surface area contributed by atoms with E-state index in [0.717, 1.165) is 44.6 Å². The van der Waals surface area contributed by atoms with Gasteiger partial charge in [-0.15, -0.1) is 54.1 Å². The number of hydrogen-bond acceptors (Lipinski definition) is 4. The Balaban J connectivity index is 0.000000202. The molecule has 0 spiro atoms. The zero-order valence-electron chi connectivity index (χ0n) is 23.1. The van der Waals surface area contributed by atoms with E-state index < -0.39 is 0 Å². The molecule has 0 aliphatic carbocycles. The number of aromatic nitrogens is 3. The SMILES string of the molecule is Cc1ccc2c(n1)oc1c(-c3cc(C(C)C)c(C)cn3)[c-]ccc12.Cc1cnc(-c2[c-]cccc2)cc1C.[Ir]. The summed E-state index contributed by atoms with van der Waals surface area (Å²) in [6.45, 7) is 12.6. The fraction of sp³-hybridized carbons (Fsp3) is 0.206. The summed E-state index contributed by atoms with van der Waals surface area (Å²) < 4.78 is 6.07. The van der Waals surface area contributed by atoms with Crippen LogP contribution in [-0.4, -0.2) is 15.0 Å². The molecule has 39 heavy (non-hydrogen) atoms. The van der Waals surface area contributed by atoms with Crippen LogP contribution >= 0.6 is 0 Å². The minimum atomic E-state index is 0. The topological polar surface area (TPSA) is 51.8 Å². The number of benzene rings is 2. The van der Waals surface area contributed by atoms with E-state index in [-0.39, 0.29) is 20.1 Å². The summed E-state index contributed by atoms with van der Waals surface area (Å²) in [5.74, 6) is 0.450. The third kappa shape index (κ3) is 6.00. The van der Waals surface area contributed by atoms with E-state index in [0.29, 0.717) is 11.6 Å². The van der Waals surface area contributed by atoms with E-state index in [9.17, 15) is 0 Å². The van der Waals surface area contributed by atoms with Crippen LogP contribution in [0.4, 0.5) is 0 Å². The van der Waals surface area contributed by atoms with E-state index in [1.54, 1.807) is 0 Å². The number of nitrogens with zero attached hydrogens (tertiary/aromatic N) is 3. The Morgan fingerprint density at radius 3 is 2.23 bits per heavy atom. The molecule has 5 heteroatoms. The molecule has 0 unspecified atom stereocenters. The van der Waals surface area contributed by atoms with Crippen molar-refractivity contribution in [2.45, 2.75) is 47.5 Å². The molecule has 0 fully saturated rings. The maximum Gasteiger partial charge on any atom is 0.216 e. The van der Waals surface area contributed by atoms with Crippen LogP contribution in [0.15, 0.2) is 77.5 Å². The van der Waals surface area contributed by atoms with Crippen molar-refractivity contribution in [2.75, 3.05) is 0 Å². The molecule has 6 aromatic rings. The van der Waals surface area contributed by atoms with Crippen LogP contribution in [0.3, 0.4) is 0 Å². The van der Waals surface area contributed by atoms with E-state index in [4.69, 9.17) is 4.42 Å². The van der Waals surface area contributed by atoms with Gasteiger partial charge in [-0.25, -0.2) is 4.98 Å². The molecule has 0 aliphatic heterocycles. The molecule has 1 radical (unpaired) electrons. The predicted molar refractivity (Wildman–Crippen MR) is 155 cm³/mol. The van der Waals surface area contributed by atoms with E-state index in [2.05, 4.69) is 79.9 Å². The first kappa shape index (κ1) is 28.4. The van der Waals surface area contributed by atoms with Crippen molar-refractivity contribution < 1.29 is 24.5 Å². The second-order valence-electron chi connectivity index (χ2n) is 10.0. The number of rotatable bonds is 3. The summed E-state index contributed by atoms with van der Waals surface area (Å²) in [7, 11) is 0. The largest absolute Gasteiger partial charge is 0.486 e. The van der Waals surface area contributed by atoms with Gasteiger partial charge < -0.3 is 14.4 Å². The van der Waals surface area contributed by atoms with E-state index >= 15 is 0 Å². The first-order valence-electron chi connectivity index (χ1n) is 12.9. The number of hydrogen-bond donors (Lipinski definition) is 0. The molecule has 0 amide bonds. The Morgan fingerprint density at radius 1 is 0.744 bits per heavy atom. The summed E-state index contributed by atoms with van der Waals surface area (Å²) in [6.07, 6.45) is 3.84. The molecule has 0 bridgehead atoms. The fourth-order valence-electron chi connectivity index (χ4n) is 4.53. The quantitative estimate of drug-likeness (QED) is 0.175. The molecule has 199 valence electrons. The Hall–Kier alpha value is -3.66. The molecule has 4 nitrogen and oxygen atoms in total. The summed E-state index contributed by atoms with van der Waals surface area (Å²) in [5.41, 5.74) is 11.3. The van der Waals surface area contributed by atoms with Gasteiger partial charge >= 0.3 is 0 Å². The standard InChI is InChI=1S/C21H19N2O.C13H12N.Ir/c1-12(2)18-10-19(22-11-13(18)3)17-7-5-6-15-16-9-8-14(4)23-21(16)24-20(15)17;1-10-8-13(14-9-11(10)2)12-6-4-3-5-7-12;/h5-6,8-12H,1-4H3;3-6,8-9H,1-2H3;/q2*-1;. The van der Waals surface area contributed by atoms with Crippen LogP contribution in [0.1, 0.15) is 47.7 Å². The Bertz CT molecular complexity index is 1740. The van der Waals surface area contributed by atoms with Crippen LogP contribution < -0.4 is 0 Å². The van der Waals surface area contributed by atoms with Crippen molar-refractivity contribution in [2.24, 2.45) is 0 Å². The monoisotopic (exact) mass is 690 g/mol. The molecule has 0 atom stereocenters. The minimum Gasteiger partial charge on any atom is -0.486 e. The van der Waals surface area contributed by atoms with Crippen molar-refractivity contribution >= 4 is 22.1 Å². The zero-order chi connectivity index (χ0) is 26.8. The van der Waals surface area contributed by atoms with Crippen LogP contribution in [0, 0.1) is 39.8 Å². The second-order valence-corrected chi connectivity index (χ2v) is 10.0. The molecule has 6 rings (SSSR count). The smallest absolute Gasteiger partial charge is 0.216 e. The van der Waals surface area contributed by atoms with Crippen molar-refractivity contribution in [3.8, 4) is 22.5 Å². The predicted octanol–water partition coefficient (Wildman–Crippen LogP) is 8.75. The fourth-order valence-corrected chi connectivity index (χ4v) is 4.53. The first-order valence-corrected chi connectivity index (χ1v) is 12.9. The van der Waals surface area contributed by atoms with Crippen LogP contribution in [-0.2, 0) is 20.1 Å². The Kier molecular flexibility index (Phi) is 8.74. The maximum atomic E-state index is 6.07. The zero-order valence-corrected chi connectivity index (χ0v) is 25.5. The third-order valence-electron chi connectivity index (χ3n) is 6.82. The average Bonchev–Trinajstić information content (AvgIpc) is 3.29. The van der Waals surface area contributed by atoms with Gasteiger partial charge in [0.15, 0.2) is 0 Å². The molecule has 0 aliphatic rings. The number of pyridine rings is 3. The average molecular weight is 690 g/mol. The Labute approximate surface area is 243 Å². The van der Waals surface area contributed by atoms with Gasteiger partial charge in [0.05, 0.1) is 5.58 Å². The van der Waals surface area contributed by atoms with Gasteiger partial charge in [-0.2, -0.15) is 0 Å². The molecular formula is C34H31IrN3O-2. The van der Waals surface area contributed by atoms with Crippen molar-refractivity contribution in [1.29, 1.82) is 0 Å². The van der Waals surface area contributed by atoms with E-state index in [1.807, 2.05) is 61.8 Å². The molecule has 2 aromatic carbocycles. The van der Waals surface area contributed by atoms with Crippen LogP contribution in [0.5, 0.6) is 0 Å². The van der Waals surface area contributed by atoms with E-state index in [1.165, 1.54) is 22.3 Å². The number of fused-ring (bicyclic) bond motifs is 3. The minimum absolute atomic E-state index is 0. The summed E-state index contributed by atoms with van der Waals surface area (Å²) in [5, 5.41) is 2.08. The van der Waals surface area contributed by atoms with Crippen molar-refractivity contribution in [3.05, 3.63) is 113 Å². The molecule has 4 aromatic heterocycles. The van der Waals surface area contributed by atoms with Gasteiger partial charge in [-0.05, 0) is 73.8 Å². The summed E-state index contributed by atoms with van der Waals surface area (Å²) >= 11 is 0. The second kappa shape index (κ2) is 12.0. The first-order chi connectivity index (χ1) is 18.3. The maximum absolute atomic E-state index is 6.07. The van der Waals surface area contributed by atoms with Crippen molar-refractivity contribution in [3.63, 3.8) is 0 Å². The normalized spacial score (nSPS) is 10.8. The molecule has 0 N–H and O–H groups in total. The molecular weight excluding hydrogens is 659 g/mol. The molecule has 0 saturated carbocycles. The molecule has 4 heterocycles. The van der Waals surface area contributed by atoms with Gasteiger partial charge in [0.25, 0.3) is 0 Å². The van der Waals surface area contributed by atoms with Gasteiger partial charge in [0.2, 0.25) is 5.71 Å². The van der Waals surface area contributed by atoms with Crippen LogP contribution in [0.25, 0.3) is 44.6 Å². The third-order valence-corrected chi connectivity index (χ3v) is 6.82. The van der Waals surface area contributed by atoms with Gasteiger partial charge in [-0.1, -0.05) is 42.5 Å². The Morgan fingerprint density at radius 2 is 1.51 bits per heavy atom.